The van der Waals surface area contributed by atoms with Crippen LogP contribution < -0.4 is 5.32 Å². The topological polar surface area (TPSA) is 46.9 Å². The molecule has 4 heteroatoms. The molecule has 1 heterocycles. The Morgan fingerprint density at radius 1 is 1.05 bits per heavy atom. The fourth-order valence-electron chi connectivity index (χ4n) is 2.10. The SMILES string of the molecule is Cc1ccc(NC(=O)n2ncc3ccc(C)cc32)cc1. The summed E-state index contributed by atoms with van der Waals surface area (Å²) in [5.74, 6) is 0. The minimum Gasteiger partial charge on any atom is -0.306 e. The monoisotopic (exact) mass is 265 g/mol. The van der Waals surface area contributed by atoms with Gasteiger partial charge in [-0.25, -0.2) is 4.79 Å². The minimum absolute atomic E-state index is 0.255. The summed E-state index contributed by atoms with van der Waals surface area (Å²) in [5, 5.41) is 7.95. The Bertz CT molecular complexity index is 772. The molecule has 0 saturated heterocycles. The van der Waals surface area contributed by atoms with Gasteiger partial charge in [-0.05, 0) is 37.6 Å². The molecule has 0 fully saturated rings. The van der Waals surface area contributed by atoms with Crippen molar-refractivity contribution in [3.8, 4) is 0 Å². The van der Waals surface area contributed by atoms with Crippen LogP contribution in [0.3, 0.4) is 0 Å². The molecule has 4 nitrogen and oxygen atoms in total. The molecular weight excluding hydrogens is 250 g/mol. The maximum Gasteiger partial charge on any atom is 0.347 e. The summed E-state index contributed by atoms with van der Waals surface area (Å²) in [6.45, 7) is 4.00. The number of carbonyl (C=O) groups is 1. The lowest BCUT2D eigenvalue weighted by atomic mass is 10.2. The van der Waals surface area contributed by atoms with E-state index in [0.717, 1.165) is 27.7 Å². The summed E-state index contributed by atoms with van der Waals surface area (Å²) in [6, 6.07) is 13.3. The normalized spacial score (nSPS) is 10.7. The van der Waals surface area contributed by atoms with Crippen LogP contribution in [0.2, 0.25) is 0 Å². The third-order valence-corrected chi connectivity index (χ3v) is 3.22. The Hall–Kier alpha value is -2.62. The average Bonchev–Trinajstić information content (AvgIpc) is 2.84. The van der Waals surface area contributed by atoms with Crippen LogP contribution in [0, 0.1) is 13.8 Å². The molecule has 1 amide bonds. The largest absolute Gasteiger partial charge is 0.347 e. The van der Waals surface area contributed by atoms with Crippen molar-refractivity contribution in [2.24, 2.45) is 0 Å². The van der Waals surface area contributed by atoms with Gasteiger partial charge < -0.3 is 5.32 Å². The van der Waals surface area contributed by atoms with Crippen LogP contribution in [-0.2, 0) is 0 Å². The van der Waals surface area contributed by atoms with Crippen LogP contribution in [0.25, 0.3) is 10.9 Å². The number of benzene rings is 2. The Morgan fingerprint density at radius 3 is 2.50 bits per heavy atom. The maximum atomic E-state index is 12.3. The van der Waals surface area contributed by atoms with E-state index in [1.807, 2.05) is 56.3 Å². The van der Waals surface area contributed by atoms with E-state index < -0.39 is 0 Å². The lowest BCUT2D eigenvalue weighted by molar-refractivity contribution is 0.252. The molecule has 1 aromatic heterocycles. The number of hydrogen-bond acceptors (Lipinski definition) is 2. The van der Waals surface area contributed by atoms with E-state index in [9.17, 15) is 4.79 Å². The highest BCUT2D eigenvalue weighted by Gasteiger charge is 2.10. The van der Waals surface area contributed by atoms with Gasteiger partial charge in [0.25, 0.3) is 0 Å². The summed E-state index contributed by atoms with van der Waals surface area (Å²) >= 11 is 0. The maximum absolute atomic E-state index is 12.3. The smallest absolute Gasteiger partial charge is 0.306 e. The molecule has 3 rings (SSSR count). The molecule has 0 saturated carbocycles. The van der Waals surface area contributed by atoms with Gasteiger partial charge in [-0.2, -0.15) is 9.78 Å². The highest BCUT2D eigenvalue weighted by Crippen LogP contribution is 2.16. The quantitative estimate of drug-likeness (QED) is 0.728. The van der Waals surface area contributed by atoms with Gasteiger partial charge >= 0.3 is 6.03 Å². The Labute approximate surface area is 117 Å². The van der Waals surface area contributed by atoms with Crippen molar-refractivity contribution in [3.63, 3.8) is 0 Å². The fourth-order valence-corrected chi connectivity index (χ4v) is 2.10. The molecule has 3 aromatic rings. The van der Waals surface area contributed by atoms with Crippen LogP contribution in [0.1, 0.15) is 11.1 Å². The number of nitrogens with zero attached hydrogens (tertiary/aromatic N) is 2. The lowest BCUT2D eigenvalue weighted by Crippen LogP contribution is -2.20. The van der Waals surface area contributed by atoms with Gasteiger partial charge in [0, 0.05) is 11.1 Å². The third-order valence-electron chi connectivity index (χ3n) is 3.22. The van der Waals surface area contributed by atoms with Gasteiger partial charge in [-0.3, -0.25) is 0 Å². The van der Waals surface area contributed by atoms with Crippen molar-refractivity contribution in [2.75, 3.05) is 5.32 Å². The van der Waals surface area contributed by atoms with Crippen LogP contribution in [0.4, 0.5) is 10.5 Å². The minimum atomic E-state index is -0.255. The van der Waals surface area contributed by atoms with E-state index >= 15 is 0 Å². The molecular formula is C16H15N3O. The summed E-state index contributed by atoms with van der Waals surface area (Å²) in [4.78, 5) is 12.3. The molecule has 0 aliphatic carbocycles. The number of fused-ring (bicyclic) bond motifs is 1. The second-order valence-corrected chi connectivity index (χ2v) is 4.91. The Morgan fingerprint density at radius 2 is 1.75 bits per heavy atom. The van der Waals surface area contributed by atoms with Gasteiger partial charge in [0.2, 0.25) is 0 Å². The molecule has 0 aliphatic heterocycles. The van der Waals surface area contributed by atoms with Crippen LogP contribution in [-0.4, -0.2) is 15.8 Å². The number of nitrogens with one attached hydrogen (secondary N) is 1. The number of amides is 1. The van der Waals surface area contributed by atoms with E-state index in [1.165, 1.54) is 4.68 Å². The van der Waals surface area contributed by atoms with E-state index in [1.54, 1.807) is 6.20 Å². The molecule has 0 aliphatic rings. The number of carbonyl (C=O) groups excluding carboxylic acids is 1. The summed E-state index contributed by atoms with van der Waals surface area (Å²) in [7, 11) is 0. The van der Waals surface area contributed by atoms with Crippen molar-refractivity contribution in [1.82, 2.24) is 9.78 Å². The molecule has 0 bridgehead atoms. The molecule has 100 valence electrons. The first kappa shape index (κ1) is 12.4. The van der Waals surface area contributed by atoms with Crippen molar-refractivity contribution < 1.29 is 4.79 Å². The molecule has 1 N–H and O–H groups in total. The van der Waals surface area contributed by atoms with Gasteiger partial charge in [-0.15, -0.1) is 0 Å². The van der Waals surface area contributed by atoms with Gasteiger partial charge in [-0.1, -0.05) is 29.8 Å². The lowest BCUT2D eigenvalue weighted by Gasteiger charge is -2.06. The Balaban J connectivity index is 1.92. The number of aryl methyl sites for hydroxylation is 2. The van der Waals surface area contributed by atoms with E-state index in [0.29, 0.717) is 0 Å². The first-order valence-corrected chi connectivity index (χ1v) is 6.46. The van der Waals surface area contributed by atoms with Crippen LogP contribution in [0.5, 0.6) is 0 Å². The van der Waals surface area contributed by atoms with Crippen molar-refractivity contribution in [2.45, 2.75) is 13.8 Å². The third kappa shape index (κ3) is 2.28. The van der Waals surface area contributed by atoms with Crippen molar-refractivity contribution >= 4 is 22.6 Å². The highest BCUT2D eigenvalue weighted by atomic mass is 16.2. The second kappa shape index (κ2) is 4.81. The van der Waals surface area contributed by atoms with Crippen LogP contribution >= 0.6 is 0 Å². The second-order valence-electron chi connectivity index (χ2n) is 4.91. The zero-order valence-electron chi connectivity index (χ0n) is 11.4. The summed E-state index contributed by atoms with van der Waals surface area (Å²) in [5.41, 5.74) is 3.83. The molecule has 0 atom stereocenters. The number of anilines is 1. The zero-order chi connectivity index (χ0) is 14.1. The summed E-state index contributed by atoms with van der Waals surface area (Å²) < 4.78 is 1.39. The first-order chi connectivity index (χ1) is 9.63. The number of hydrogen-bond donors (Lipinski definition) is 1. The van der Waals surface area contributed by atoms with Crippen molar-refractivity contribution in [3.05, 3.63) is 59.8 Å². The van der Waals surface area contributed by atoms with E-state index in [-0.39, 0.29) is 6.03 Å². The number of aromatic nitrogens is 2. The van der Waals surface area contributed by atoms with Crippen LogP contribution in [0.15, 0.2) is 48.7 Å². The van der Waals surface area contributed by atoms with Gasteiger partial charge in [0.15, 0.2) is 0 Å². The summed E-state index contributed by atoms with van der Waals surface area (Å²) in [6.07, 6.45) is 1.70. The van der Waals surface area contributed by atoms with Gasteiger partial charge in [0.1, 0.15) is 0 Å². The van der Waals surface area contributed by atoms with Crippen molar-refractivity contribution in [1.29, 1.82) is 0 Å². The average molecular weight is 265 g/mol. The predicted molar refractivity (Wildman–Crippen MR) is 80.1 cm³/mol. The fraction of sp³-hybridized carbons (Fsp3) is 0.125. The Kier molecular flexibility index (Phi) is 2.99. The molecule has 2 aromatic carbocycles. The number of rotatable bonds is 1. The predicted octanol–water partition coefficient (Wildman–Crippen LogP) is 3.73. The van der Waals surface area contributed by atoms with Gasteiger partial charge in [0.05, 0.1) is 11.7 Å². The zero-order valence-corrected chi connectivity index (χ0v) is 11.4. The first-order valence-electron chi connectivity index (χ1n) is 6.46. The van der Waals surface area contributed by atoms with E-state index in [4.69, 9.17) is 0 Å². The molecule has 0 spiro atoms. The molecule has 0 unspecified atom stereocenters. The molecule has 20 heavy (non-hydrogen) atoms. The standard InChI is InChI=1S/C16H15N3O/c1-11-4-7-14(8-5-11)18-16(20)19-15-9-12(2)3-6-13(15)10-17-19/h3-10H,1-2H3,(H,18,20). The molecule has 0 radical (unpaired) electrons. The highest BCUT2D eigenvalue weighted by molar-refractivity contribution is 5.97. The van der Waals surface area contributed by atoms with E-state index in [2.05, 4.69) is 10.4 Å².